The number of benzene rings is 1. The molecule has 2 aromatic rings. The van der Waals surface area contributed by atoms with Gasteiger partial charge in [-0.15, -0.1) is 24.0 Å². The predicted molar refractivity (Wildman–Crippen MR) is 131 cm³/mol. The van der Waals surface area contributed by atoms with Gasteiger partial charge in [0.05, 0.1) is 0 Å². The summed E-state index contributed by atoms with van der Waals surface area (Å²) in [6, 6.07) is 6.51. The number of halogens is 1. The Morgan fingerprint density at radius 2 is 2.17 bits per heavy atom. The zero-order chi connectivity index (χ0) is 19.9. The third-order valence-electron chi connectivity index (χ3n) is 5.55. The molecule has 0 aliphatic carbocycles. The van der Waals surface area contributed by atoms with Gasteiger partial charge in [-0.05, 0) is 49.7 Å². The Morgan fingerprint density at radius 3 is 2.90 bits per heavy atom. The summed E-state index contributed by atoms with van der Waals surface area (Å²) in [5.41, 5.74) is 9.32. The van der Waals surface area contributed by atoms with Gasteiger partial charge in [0.25, 0.3) is 0 Å². The quantitative estimate of drug-likeness (QED) is 0.303. The molecule has 1 atom stereocenters. The summed E-state index contributed by atoms with van der Waals surface area (Å²) in [5, 5.41) is 4.72. The largest absolute Gasteiger partial charge is 0.370 e. The van der Waals surface area contributed by atoms with Crippen molar-refractivity contribution in [1.82, 2.24) is 15.2 Å². The molecule has 29 heavy (non-hydrogen) atoms. The highest BCUT2D eigenvalue weighted by atomic mass is 127. The second-order valence-electron chi connectivity index (χ2n) is 7.62. The van der Waals surface area contributed by atoms with Crippen molar-refractivity contribution >= 4 is 46.7 Å². The lowest BCUT2D eigenvalue weighted by molar-refractivity contribution is -0.119. The van der Waals surface area contributed by atoms with Crippen LogP contribution in [0.25, 0.3) is 10.9 Å². The highest BCUT2D eigenvalue weighted by Gasteiger charge is 2.23. The summed E-state index contributed by atoms with van der Waals surface area (Å²) in [6.45, 7) is 7.68. The smallest absolute Gasteiger partial charge is 0.217 e. The minimum Gasteiger partial charge on any atom is -0.370 e. The molecule has 2 heterocycles. The van der Waals surface area contributed by atoms with Gasteiger partial charge >= 0.3 is 0 Å². The number of likely N-dealkylation sites (tertiary alicyclic amines) is 1. The maximum atomic E-state index is 11.3. The number of carbonyl (C=O) groups excluding carboxylic acids is 1. The van der Waals surface area contributed by atoms with Gasteiger partial charge in [-0.2, -0.15) is 0 Å². The van der Waals surface area contributed by atoms with E-state index in [2.05, 4.69) is 53.4 Å². The first kappa shape index (κ1) is 23.5. The number of aryl methyl sites for hydroxylation is 1. The van der Waals surface area contributed by atoms with Crippen LogP contribution in [-0.4, -0.2) is 47.9 Å². The van der Waals surface area contributed by atoms with Crippen LogP contribution in [-0.2, 0) is 17.6 Å². The van der Waals surface area contributed by atoms with Crippen LogP contribution in [0.1, 0.15) is 44.2 Å². The van der Waals surface area contributed by atoms with Crippen LogP contribution in [0.2, 0.25) is 0 Å². The molecule has 1 amide bonds. The van der Waals surface area contributed by atoms with Crippen LogP contribution in [0.5, 0.6) is 0 Å². The van der Waals surface area contributed by atoms with Crippen LogP contribution >= 0.6 is 24.0 Å². The fraction of sp³-hybridized carbons (Fsp3) is 0.545. The molecular formula is C22H34IN5O. The van der Waals surface area contributed by atoms with Crippen molar-refractivity contribution < 1.29 is 4.79 Å². The highest BCUT2D eigenvalue weighted by Crippen LogP contribution is 2.23. The number of rotatable bonds is 7. The first-order chi connectivity index (χ1) is 13.6. The molecule has 3 rings (SSSR count). The molecule has 4 N–H and O–H groups in total. The summed E-state index contributed by atoms with van der Waals surface area (Å²) in [6.07, 6.45) is 6.65. The van der Waals surface area contributed by atoms with E-state index in [9.17, 15) is 4.79 Å². The average Bonchev–Trinajstić information content (AvgIpc) is 3.10. The van der Waals surface area contributed by atoms with Crippen molar-refractivity contribution in [2.24, 2.45) is 16.6 Å². The van der Waals surface area contributed by atoms with Crippen molar-refractivity contribution in [3.63, 3.8) is 0 Å². The molecule has 0 radical (unpaired) electrons. The average molecular weight is 511 g/mol. The summed E-state index contributed by atoms with van der Waals surface area (Å²) in [4.78, 5) is 21.9. The van der Waals surface area contributed by atoms with Gasteiger partial charge in [-0.1, -0.05) is 25.1 Å². The number of primary amides is 1. The number of fused-ring (bicyclic) bond motifs is 1. The van der Waals surface area contributed by atoms with E-state index < -0.39 is 0 Å². The zero-order valence-electron chi connectivity index (χ0n) is 17.5. The maximum Gasteiger partial charge on any atom is 0.217 e. The van der Waals surface area contributed by atoms with Crippen molar-refractivity contribution in [2.75, 3.05) is 26.2 Å². The van der Waals surface area contributed by atoms with Gasteiger partial charge in [-0.25, -0.2) is 0 Å². The van der Waals surface area contributed by atoms with E-state index >= 15 is 0 Å². The number of carbonyl (C=O) groups is 1. The minimum atomic E-state index is -0.209. The number of H-pyrrole nitrogens is 1. The number of hydrogen-bond donors (Lipinski definition) is 3. The summed E-state index contributed by atoms with van der Waals surface area (Å²) >= 11 is 0. The van der Waals surface area contributed by atoms with Gasteiger partial charge in [0, 0.05) is 49.7 Å². The molecular weight excluding hydrogens is 477 g/mol. The number of para-hydroxylation sites is 1. The van der Waals surface area contributed by atoms with Crippen LogP contribution in [0.3, 0.4) is 0 Å². The number of piperidine rings is 1. The molecule has 0 bridgehead atoms. The van der Waals surface area contributed by atoms with Gasteiger partial charge in [0.2, 0.25) is 5.91 Å². The summed E-state index contributed by atoms with van der Waals surface area (Å²) in [7, 11) is 0. The second-order valence-corrected chi connectivity index (χ2v) is 7.62. The lowest BCUT2D eigenvalue weighted by Gasteiger charge is -2.34. The number of hydrogen-bond acceptors (Lipinski definition) is 2. The van der Waals surface area contributed by atoms with E-state index in [1.54, 1.807) is 0 Å². The first-order valence-electron chi connectivity index (χ1n) is 10.5. The van der Waals surface area contributed by atoms with Gasteiger partial charge in [-0.3, -0.25) is 9.79 Å². The van der Waals surface area contributed by atoms with E-state index in [0.29, 0.717) is 12.3 Å². The molecule has 1 aliphatic heterocycles. The number of nitrogens with two attached hydrogens (primary N) is 1. The van der Waals surface area contributed by atoms with E-state index in [4.69, 9.17) is 10.7 Å². The number of amides is 1. The predicted octanol–water partition coefficient (Wildman–Crippen LogP) is 3.44. The van der Waals surface area contributed by atoms with E-state index in [1.807, 2.05) is 0 Å². The number of guanidine groups is 1. The Kier molecular flexibility index (Phi) is 9.26. The van der Waals surface area contributed by atoms with Crippen LogP contribution in [0.4, 0.5) is 0 Å². The Hall–Kier alpha value is -1.77. The molecule has 7 heteroatoms. The zero-order valence-corrected chi connectivity index (χ0v) is 19.9. The number of nitrogens with one attached hydrogen (secondary N) is 2. The number of aliphatic imine (C=N–C) groups is 1. The topological polar surface area (TPSA) is 86.5 Å². The number of aromatic nitrogens is 1. The minimum absolute atomic E-state index is 0. The Balaban J connectivity index is 0.00000300. The van der Waals surface area contributed by atoms with Gasteiger partial charge < -0.3 is 20.9 Å². The molecule has 1 aromatic heterocycles. The molecule has 1 aliphatic rings. The van der Waals surface area contributed by atoms with Crippen molar-refractivity contribution in [3.8, 4) is 0 Å². The van der Waals surface area contributed by atoms with Gasteiger partial charge in [0.15, 0.2) is 5.96 Å². The third kappa shape index (κ3) is 6.10. The lowest BCUT2D eigenvalue weighted by atomic mass is 9.95. The summed E-state index contributed by atoms with van der Waals surface area (Å²) in [5.74, 6) is 1.07. The fourth-order valence-corrected chi connectivity index (χ4v) is 4.19. The van der Waals surface area contributed by atoms with E-state index in [-0.39, 0.29) is 29.9 Å². The lowest BCUT2D eigenvalue weighted by Crippen LogP contribution is -2.47. The van der Waals surface area contributed by atoms with Gasteiger partial charge in [0.1, 0.15) is 0 Å². The van der Waals surface area contributed by atoms with Crippen molar-refractivity contribution in [1.29, 1.82) is 0 Å². The molecule has 1 aromatic carbocycles. The monoisotopic (exact) mass is 511 g/mol. The number of nitrogens with zero attached hydrogens (tertiary/aromatic N) is 2. The second kappa shape index (κ2) is 11.4. The molecule has 160 valence electrons. The fourth-order valence-electron chi connectivity index (χ4n) is 4.19. The first-order valence-corrected chi connectivity index (χ1v) is 10.5. The molecule has 0 saturated carbocycles. The maximum absolute atomic E-state index is 11.3. The van der Waals surface area contributed by atoms with E-state index in [1.165, 1.54) is 22.0 Å². The molecule has 1 unspecified atom stereocenters. The Morgan fingerprint density at radius 1 is 1.34 bits per heavy atom. The third-order valence-corrected chi connectivity index (χ3v) is 5.55. The van der Waals surface area contributed by atoms with Crippen molar-refractivity contribution in [2.45, 2.75) is 46.0 Å². The Bertz CT molecular complexity index is 832. The van der Waals surface area contributed by atoms with Crippen LogP contribution in [0.15, 0.2) is 29.4 Å². The normalized spacial score (nSPS) is 17.2. The SMILES string of the molecule is CCNC(=NCCc1c[nH]c2c(CC)cccc12)N1CCCC(CC(N)=O)C1.I. The summed E-state index contributed by atoms with van der Waals surface area (Å²) < 4.78 is 0. The number of aromatic amines is 1. The van der Waals surface area contributed by atoms with E-state index in [0.717, 1.165) is 57.8 Å². The molecule has 1 fully saturated rings. The van der Waals surface area contributed by atoms with Crippen LogP contribution < -0.4 is 11.1 Å². The standard InChI is InChI=1S/C22H33N5O.HI/c1-3-17-8-5-9-19-18(14-26-21(17)19)10-11-25-22(24-4-2)27-12-6-7-16(15-27)13-20(23)28;/h5,8-9,14,16,26H,3-4,6-7,10-13,15H2,1-2H3,(H2,23,28)(H,24,25);1H. The Labute approximate surface area is 190 Å². The molecule has 1 saturated heterocycles. The molecule has 0 spiro atoms. The van der Waals surface area contributed by atoms with Crippen molar-refractivity contribution in [3.05, 3.63) is 35.5 Å². The highest BCUT2D eigenvalue weighted by molar-refractivity contribution is 14.0. The van der Waals surface area contributed by atoms with Crippen LogP contribution in [0, 0.1) is 5.92 Å². The molecule has 6 nitrogen and oxygen atoms in total.